The molecule has 0 saturated heterocycles. The fourth-order valence-electron chi connectivity index (χ4n) is 1.93. The van der Waals surface area contributed by atoms with Crippen LogP contribution in [0.2, 0.25) is 0 Å². The summed E-state index contributed by atoms with van der Waals surface area (Å²) in [5.41, 5.74) is 6.01. The average molecular weight is 294 g/mol. The van der Waals surface area contributed by atoms with Gasteiger partial charge in [0.1, 0.15) is 5.82 Å². The third-order valence-electron chi connectivity index (χ3n) is 2.99. The van der Waals surface area contributed by atoms with Crippen molar-refractivity contribution < 1.29 is 14.3 Å². The standard InChI is InChI=1S/C14H15FN2O2S/c1-2-11(13-4-3-5-20-13)17-12-7-9(15)8(14(18)19)6-10(12)16/h3-7,11,17H,2,16H2,1H3,(H,18,19). The van der Waals surface area contributed by atoms with Gasteiger partial charge in [-0.3, -0.25) is 0 Å². The second-order valence-electron chi connectivity index (χ2n) is 4.35. The maximum absolute atomic E-state index is 13.7. The molecule has 0 saturated carbocycles. The van der Waals surface area contributed by atoms with Gasteiger partial charge in [-0.2, -0.15) is 0 Å². The van der Waals surface area contributed by atoms with Crippen LogP contribution in [0.5, 0.6) is 0 Å². The average Bonchev–Trinajstić information content (AvgIpc) is 2.92. The lowest BCUT2D eigenvalue weighted by molar-refractivity contribution is 0.0692. The Morgan fingerprint density at radius 3 is 2.85 bits per heavy atom. The Morgan fingerprint density at radius 1 is 1.55 bits per heavy atom. The van der Waals surface area contributed by atoms with Crippen molar-refractivity contribution in [1.82, 2.24) is 0 Å². The van der Waals surface area contributed by atoms with E-state index in [1.54, 1.807) is 11.3 Å². The number of aromatic carboxylic acids is 1. The lowest BCUT2D eigenvalue weighted by Crippen LogP contribution is -2.11. The maximum Gasteiger partial charge on any atom is 0.338 e. The minimum atomic E-state index is -1.33. The zero-order chi connectivity index (χ0) is 14.7. The molecule has 1 unspecified atom stereocenters. The number of nitrogens with one attached hydrogen (secondary N) is 1. The first-order chi connectivity index (χ1) is 9.52. The van der Waals surface area contributed by atoms with Crippen LogP contribution in [0, 0.1) is 5.82 Å². The van der Waals surface area contributed by atoms with Crippen LogP contribution in [0.15, 0.2) is 29.6 Å². The van der Waals surface area contributed by atoms with Crippen LogP contribution in [0.25, 0.3) is 0 Å². The van der Waals surface area contributed by atoms with Crippen molar-refractivity contribution in [3.05, 3.63) is 45.9 Å². The van der Waals surface area contributed by atoms with Crippen molar-refractivity contribution in [3.8, 4) is 0 Å². The molecular weight excluding hydrogens is 279 g/mol. The maximum atomic E-state index is 13.7. The number of carbonyl (C=O) groups is 1. The van der Waals surface area contributed by atoms with Gasteiger partial charge >= 0.3 is 5.97 Å². The molecule has 4 N–H and O–H groups in total. The predicted molar refractivity (Wildman–Crippen MR) is 78.7 cm³/mol. The molecule has 0 bridgehead atoms. The van der Waals surface area contributed by atoms with E-state index in [4.69, 9.17) is 10.8 Å². The summed E-state index contributed by atoms with van der Waals surface area (Å²) in [6.07, 6.45) is 0.808. The Hall–Kier alpha value is -2.08. The van der Waals surface area contributed by atoms with Crippen molar-refractivity contribution in [2.24, 2.45) is 0 Å². The summed E-state index contributed by atoms with van der Waals surface area (Å²) in [4.78, 5) is 12.0. The highest BCUT2D eigenvalue weighted by Crippen LogP contribution is 2.30. The third kappa shape index (κ3) is 2.91. The number of nitrogen functional groups attached to an aromatic ring is 1. The summed E-state index contributed by atoms with van der Waals surface area (Å²) in [5, 5.41) is 14.0. The molecule has 0 aliphatic rings. The molecule has 1 atom stereocenters. The van der Waals surface area contributed by atoms with Gasteiger partial charge in [-0.05, 0) is 30.0 Å². The smallest absolute Gasteiger partial charge is 0.338 e. The van der Waals surface area contributed by atoms with E-state index in [-0.39, 0.29) is 11.7 Å². The van der Waals surface area contributed by atoms with Crippen molar-refractivity contribution in [1.29, 1.82) is 0 Å². The van der Waals surface area contributed by atoms with Crippen molar-refractivity contribution in [3.63, 3.8) is 0 Å². The highest BCUT2D eigenvalue weighted by molar-refractivity contribution is 7.10. The van der Waals surface area contributed by atoms with Gasteiger partial charge < -0.3 is 16.2 Å². The summed E-state index contributed by atoms with van der Waals surface area (Å²) in [6, 6.07) is 6.23. The zero-order valence-corrected chi connectivity index (χ0v) is 11.7. The van der Waals surface area contributed by atoms with Crippen LogP contribution in [0.4, 0.5) is 15.8 Å². The van der Waals surface area contributed by atoms with E-state index in [2.05, 4.69) is 5.32 Å². The number of hydrogen-bond acceptors (Lipinski definition) is 4. The molecule has 106 valence electrons. The first-order valence-corrected chi connectivity index (χ1v) is 7.03. The number of nitrogens with two attached hydrogens (primary N) is 1. The van der Waals surface area contributed by atoms with Gasteiger partial charge in [-0.25, -0.2) is 9.18 Å². The lowest BCUT2D eigenvalue weighted by atomic mass is 10.1. The predicted octanol–water partition coefficient (Wildman–Crippen LogP) is 3.73. The first-order valence-electron chi connectivity index (χ1n) is 6.15. The number of anilines is 2. The molecule has 2 rings (SSSR count). The highest BCUT2D eigenvalue weighted by atomic mass is 32.1. The topological polar surface area (TPSA) is 75.3 Å². The quantitative estimate of drug-likeness (QED) is 0.734. The fraction of sp³-hybridized carbons (Fsp3) is 0.214. The third-order valence-corrected chi connectivity index (χ3v) is 3.98. The van der Waals surface area contributed by atoms with Crippen LogP contribution in [-0.2, 0) is 0 Å². The van der Waals surface area contributed by atoms with Crippen molar-refractivity contribution in [2.45, 2.75) is 19.4 Å². The van der Waals surface area contributed by atoms with Gasteiger partial charge in [0.05, 0.1) is 23.0 Å². The van der Waals surface area contributed by atoms with E-state index >= 15 is 0 Å². The molecule has 0 radical (unpaired) electrons. The normalized spacial score (nSPS) is 12.1. The van der Waals surface area contributed by atoms with E-state index < -0.39 is 17.3 Å². The molecule has 0 fully saturated rings. The molecule has 0 aliphatic carbocycles. The monoisotopic (exact) mass is 294 g/mol. The minimum Gasteiger partial charge on any atom is -0.478 e. The molecule has 6 heteroatoms. The number of rotatable bonds is 5. The van der Waals surface area contributed by atoms with E-state index in [1.807, 2.05) is 24.4 Å². The number of carboxylic acid groups (broad SMARTS) is 1. The Balaban J connectivity index is 2.29. The van der Waals surface area contributed by atoms with Crippen molar-refractivity contribution in [2.75, 3.05) is 11.1 Å². The van der Waals surface area contributed by atoms with Crippen molar-refractivity contribution >= 4 is 28.7 Å². The number of hydrogen-bond donors (Lipinski definition) is 3. The molecule has 1 aromatic heterocycles. The Kier molecular flexibility index (Phi) is 4.24. The lowest BCUT2D eigenvalue weighted by Gasteiger charge is -2.18. The molecule has 4 nitrogen and oxygen atoms in total. The van der Waals surface area contributed by atoms with Crippen LogP contribution in [0.1, 0.15) is 34.6 Å². The SMILES string of the molecule is CCC(Nc1cc(F)c(C(=O)O)cc1N)c1cccs1. The number of carboxylic acids is 1. The Labute approximate surface area is 120 Å². The first kappa shape index (κ1) is 14.3. The summed E-state index contributed by atoms with van der Waals surface area (Å²) in [6.45, 7) is 2.01. The van der Waals surface area contributed by atoms with Crippen LogP contribution < -0.4 is 11.1 Å². The molecule has 2 aromatic rings. The summed E-state index contributed by atoms with van der Waals surface area (Å²) < 4.78 is 13.7. The largest absolute Gasteiger partial charge is 0.478 e. The van der Waals surface area contributed by atoms with Gasteiger partial charge in [-0.1, -0.05) is 13.0 Å². The van der Waals surface area contributed by atoms with E-state index in [0.717, 1.165) is 23.4 Å². The molecule has 0 amide bonds. The number of thiophene rings is 1. The Morgan fingerprint density at radius 2 is 2.30 bits per heavy atom. The minimum absolute atomic E-state index is 0.0207. The van der Waals surface area contributed by atoms with Gasteiger partial charge in [0, 0.05) is 4.88 Å². The highest BCUT2D eigenvalue weighted by Gasteiger charge is 2.16. The van der Waals surface area contributed by atoms with E-state index in [1.165, 1.54) is 0 Å². The molecule has 1 aromatic carbocycles. The van der Waals surface area contributed by atoms with Crippen LogP contribution >= 0.6 is 11.3 Å². The van der Waals surface area contributed by atoms with Gasteiger partial charge in [-0.15, -0.1) is 11.3 Å². The number of benzene rings is 1. The van der Waals surface area contributed by atoms with E-state index in [0.29, 0.717) is 5.69 Å². The van der Waals surface area contributed by atoms with Gasteiger partial charge in [0.15, 0.2) is 0 Å². The molecule has 0 spiro atoms. The van der Waals surface area contributed by atoms with Crippen LogP contribution in [0.3, 0.4) is 0 Å². The molecule has 0 aliphatic heterocycles. The Bertz CT molecular complexity index is 614. The number of halogens is 1. The van der Waals surface area contributed by atoms with Gasteiger partial charge in [0.25, 0.3) is 0 Å². The zero-order valence-electron chi connectivity index (χ0n) is 10.9. The summed E-state index contributed by atoms with van der Waals surface area (Å²) >= 11 is 1.60. The molecular formula is C14H15FN2O2S. The summed E-state index contributed by atoms with van der Waals surface area (Å²) in [7, 11) is 0. The molecule has 1 heterocycles. The summed E-state index contributed by atoms with van der Waals surface area (Å²) in [5.74, 6) is -2.12. The second-order valence-corrected chi connectivity index (χ2v) is 5.32. The van der Waals surface area contributed by atoms with Crippen LogP contribution in [-0.4, -0.2) is 11.1 Å². The van der Waals surface area contributed by atoms with E-state index in [9.17, 15) is 9.18 Å². The van der Waals surface area contributed by atoms with Gasteiger partial charge in [0.2, 0.25) is 0 Å². The fourth-order valence-corrected chi connectivity index (χ4v) is 2.79. The second kappa shape index (κ2) is 5.92. The molecule has 20 heavy (non-hydrogen) atoms.